The molecule has 0 spiro atoms. The standard InChI is InChI=1S/C19H18F3N3O2/c20-19(21,22)13-2-1-3-14(7-13)24-17(26)15-4-5-16-12-6-11(8-23-9-12)10-25(16)18(15)27/h1-5,7,11-12,23H,6,8-10H2,(H,24,26)/t11-,12-/m1/s1. The van der Waals surface area contributed by atoms with Gasteiger partial charge in [-0.15, -0.1) is 0 Å². The Balaban J connectivity index is 1.62. The third-order valence-electron chi connectivity index (χ3n) is 5.20. The lowest BCUT2D eigenvalue weighted by atomic mass is 9.84. The number of aromatic nitrogens is 1. The fraction of sp³-hybridized carbons (Fsp3) is 0.368. The number of hydrogen-bond donors (Lipinski definition) is 2. The lowest BCUT2D eigenvalue weighted by molar-refractivity contribution is -0.137. The summed E-state index contributed by atoms with van der Waals surface area (Å²) in [5.41, 5.74) is -0.419. The lowest BCUT2D eigenvalue weighted by Crippen LogP contribution is -2.45. The number of benzene rings is 1. The number of amides is 1. The molecule has 1 saturated heterocycles. The molecule has 2 aliphatic heterocycles. The summed E-state index contributed by atoms with van der Waals surface area (Å²) in [4.78, 5) is 25.3. The summed E-state index contributed by atoms with van der Waals surface area (Å²) in [7, 11) is 0. The molecular formula is C19H18F3N3O2. The third-order valence-corrected chi connectivity index (χ3v) is 5.20. The highest BCUT2D eigenvalue weighted by atomic mass is 19.4. The Morgan fingerprint density at radius 1 is 1.19 bits per heavy atom. The van der Waals surface area contributed by atoms with Crippen LogP contribution in [0.15, 0.2) is 41.2 Å². The lowest BCUT2D eigenvalue weighted by Gasteiger charge is -2.37. The van der Waals surface area contributed by atoms with Crippen molar-refractivity contribution in [3.63, 3.8) is 0 Å². The molecule has 2 bridgehead atoms. The van der Waals surface area contributed by atoms with Gasteiger partial charge in [0.2, 0.25) is 0 Å². The smallest absolute Gasteiger partial charge is 0.322 e. The first kappa shape index (κ1) is 17.8. The van der Waals surface area contributed by atoms with Crippen LogP contribution in [0.25, 0.3) is 0 Å². The van der Waals surface area contributed by atoms with Gasteiger partial charge >= 0.3 is 6.18 Å². The minimum atomic E-state index is -4.50. The van der Waals surface area contributed by atoms with E-state index in [9.17, 15) is 22.8 Å². The Hall–Kier alpha value is -2.61. The summed E-state index contributed by atoms with van der Waals surface area (Å²) in [5, 5.41) is 5.75. The average Bonchev–Trinajstić information content (AvgIpc) is 2.62. The highest BCUT2D eigenvalue weighted by Crippen LogP contribution is 2.32. The number of nitrogens with one attached hydrogen (secondary N) is 2. The topological polar surface area (TPSA) is 63.1 Å². The van der Waals surface area contributed by atoms with Crippen molar-refractivity contribution >= 4 is 11.6 Å². The molecule has 2 atom stereocenters. The molecule has 5 nitrogen and oxygen atoms in total. The van der Waals surface area contributed by atoms with Crippen molar-refractivity contribution in [2.75, 3.05) is 18.4 Å². The van der Waals surface area contributed by atoms with Gasteiger partial charge in [-0.1, -0.05) is 6.07 Å². The van der Waals surface area contributed by atoms with E-state index < -0.39 is 23.2 Å². The highest BCUT2D eigenvalue weighted by Gasteiger charge is 2.32. The molecule has 1 amide bonds. The van der Waals surface area contributed by atoms with Gasteiger partial charge in [0.25, 0.3) is 11.5 Å². The zero-order valence-electron chi connectivity index (χ0n) is 14.3. The van der Waals surface area contributed by atoms with E-state index in [1.165, 1.54) is 18.2 Å². The highest BCUT2D eigenvalue weighted by molar-refractivity contribution is 6.04. The van der Waals surface area contributed by atoms with Crippen molar-refractivity contribution in [1.29, 1.82) is 0 Å². The van der Waals surface area contributed by atoms with Crippen molar-refractivity contribution in [3.8, 4) is 0 Å². The molecule has 2 N–H and O–H groups in total. The van der Waals surface area contributed by atoms with E-state index in [4.69, 9.17) is 0 Å². The molecule has 3 heterocycles. The van der Waals surface area contributed by atoms with Crippen LogP contribution in [0.3, 0.4) is 0 Å². The Labute approximate surface area is 153 Å². The van der Waals surface area contributed by atoms with Gasteiger partial charge in [0, 0.05) is 30.4 Å². The molecule has 0 unspecified atom stereocenters. The number of piperidine rings is 1. The Morgan fingerprint density at radius 3 is 2.78 bits per heavy atom. The Bertz CT molecular complexity index is 952. The van der Waals surface area contributed by atoms with Gasteiger partial charge in [-0.3, -0.25) is 9.59 Å². The van der Waals surface area contributed by atoms with Crippen LogP contribution in [-0.2, 0) is 12.7 Å². The predicted octanol–water partition coefficient (Wildman–Crippen LogP) is 2.83. The largest absolute Gasteiger partial charge is 0.416 e. The molecule has 0 saturated carbocycles. The molecule has 1 fully saturated rings. The second-order valence-electron chi connectivity index (χ2n) is 7.08. The van der Waals surface area contributed by atoms with Gasteiger partial charge in [-0.05, 0) is 49.2 Å². The van der Waals surface area contributed by atoms with Crippen molar-refractivity contribution in [1.82, 2.24) is 9.88 Å². The van der Waals surface area contributed by atoms with Crippen LogP contribution in [0.4, 0.5) is 18.9 Å². The summed E-state index contributed by atoms with van der Waals surface area (Å²) < 4.78 is 40.1. The zero-order valence-corrected chi connectivity index (χ0v) is 14.3. The third kappa shape index (κ3) is 3.37. The van der Waals surface area contributed by atoms with Gasteiger partial charge in [-0.25, -0.2) is 0 Å². The molecule has 27 heavy (non-hydrogen) atoms. The normalized spacial score (nSPS) is 21.4. The Morgan fingerprint density at radius 2 is 2.00 bits per heavy atom. The number of hydrogen-bond acceptors (Lipinski definition) is 3. The molecule has 1 aromatic carbocycles. The van der Waals surface area contributed by atoms with Crippen molar-refractivity contribution in [2.24, 2.45) is 5.92 Å². The molecule has 0 aliphatic carbocycles. The van der Waals surface area contributed by atoms with E-state index in [1.54, 1.807) is 10.6 Å². The SMILES string of the molecule is O=C(Nc1cccc(C(F)(F)F)c1)c1ccc2n(c1=O)C[C@H]1CNC[C@H]2C1. The van der Waals surface area contributed by atoms with Crippen LogP contribution >= 0.6 is 0 Å². The zero-order chi connectivity index (χ0) is 19.2. The summed E-state index contributed by atoms with van der Waals surface area (Å²) in [6.07, 6.45) is -3.49. The van der Waals surface area contributed by atoms with Gasteiger partial charge in [0.05, 0.1) is 5.56 Å². The summed E-state index contributed by atoms with van der Waals surface area (Å²) in [6, 6.07) is 7.59. The number of nitrogens with zero attached hydrogens (tertiary/aromatic N) is 1. The predicted molar refractivity (Wildman–Crippen MR) is 93.8 cm³/mol. The van der Waals surface area contributed by atoms with Crippen LogP contribution in [-0.4, -0.2) is 23.6 Å². The minimum absolute atomic E-state index is 0.00184. The molecule has 142 valence electrons. The maximum absolute atomic E-state index is 12.8. The van der Waals surface area contributed by atoms with Crippen LogP contribution < -0.4 is 16.2 Å². The monoisotopic (exact) mass is 377 g/mol. The molecule has 2 aliphatic rings. The summed E-state index contributed by atoms with van der Waals surface area (Å²) in [6.45, 7) is 2.18. The van der Waals surface area contributed by atoms with E-state index in [0.717, 1.165) is 37.3 Å². The molecule has 1 aromatic heterocycles. The molecule has 2 aromatic rings. The van der Waals surface area contributed by atoms with Gasteiger partial charge < -0.3 is 15.2 Å². The number of pyridine rings is 1. The van der Waals surface area contributed by atoms with E-state index >= 15 is 0 Å². The van der Waals surface area contributed by atoms with Crippen LogP contribution in [0.5, 0.6) is 0 Å². The number of carbonyl (C=O) groups is 1. The minimum Gasteiger partial charge on any atom is -0.322 e. The Kier molecular flexibility index (Phi) is 4.30. The number of carbonyl (C=O) groups excluding carboxylic acids is 1. The summed E-state index contributed by atoms with van der Waals surface area (Å²) >= 11 is 0. The number of fused-ring (bicyclic) bond motifs is 4. The maximum atomic E-state index is 12.8. The van der Waals surface area contributed by atoms with E-state index in [2.05, 4.69) is 10.6 Å². The molecule has 8 heteroatoms. The van der Waals surface area contributed by atoms with Crippen molar-refractivity contribution < 1.29 is 18.0 Å². The second kappa shape index (κ2) is 6.53. The summed E-state index contributed by atoms with van der Waals surface area (Å²) in [5.74, 6) is -0.120. The van der Waals surface area contributed by atoms with Gasteiger partial charge in [-0.2, -0.15) is 13.2 Å². The fourth-order valence-corrected chi connectivity index (χ4v) is 3.94. The number of rotatable bonds is 2. The average molecular weight is 377 g/mol. The molecule has 4 rings (SSSR count). The van der Waals surface area contributed by atoms with Crippen LogP contribution in [0.1, 0.15) is 34.0 Å². The first-order chi connectivity index (χ1) is 12.8. The quantitative estimate of drug-likeness (QED) is 0.846. The molecular weight excluding hydrogens is 359 g/mol. The number of halogens is 3. The van der Waals surface area contributed by atoms with Crippen molar-refractivity contribution in [3.05, 3.63) is 63.6 Å². The molecule has 0 radical (unpaired) electrons. The second-order valence-corrected chi connectivity index (χ2v) is 7.08. The number of anilines is 1. The first-order valence-electron chi connectivity index (χ1n) is 8.76. The van der Waals surface area contributed by atoms with E-state index in [1.807, 2.05) is 0 Å². The van der Waals surface area contributed by atoms with Gasteiger partial charge in [0.1, 0.15) is 5.56 Å². The van der Waals surface area contributed by atoms with E-state index in [-0.39, 0.29) is 17.2 Å². The van der Waals surface area contributed by atoms with Gasteiger partial charge in [0.15, 0.2) is 0 Å². The maximum Gasteiger partial charge on any atom is 0.416 e. The van der Waals surface area contributed by atoms with Crippen molar-refractivity contribution in [2.45, 2.75) is 25.1 Å². The fourth-order valence-electron chi connectivity index (χ4n) is 3.94. The van der Waals surface area contributed by atoms with Crippen LogP contribution in [0.2, 0.25) is 0 Å². The van der Waals surface area contributed by atoms with E-state index in [0.29, 0.717) is 12.5 Å². The first-order valence-corrected chi connectivity index (χ1v) is 8.76. The van der Waals surface area contributed by atoms with Crippen LogP contribution in [0, 0.1) is 5.92 Å². The number of alkyl halides is 3.